The second kappa shape index (κ2) is 4.11. The highest BCUT2D eigenvalue weighted by Gasteiger charge is 1.96. The molecule has 0 spiro atoms. The molecule has 0 amide bonds. The van der Waals surface area contributed by atoms with Crippen molar-refractivity contribution in [3.05, 3.63) is 0 Å². The van der Waals surface area contributed by atoms with E-state index >= 15 is 0 Å². The van der Waals surface area contributed by atoms with Gasteiger partial charge in [0, 0.05) is 19.8 Å². The average Bonchev–Trinajstić information content (AvgIpc) is 2.02. The van der Waals surface area contributed by atoms with E-state index in [4.69, 9.17) is 0 Å². The fraction of sp³-hybridized carbons (Fsp3) is 0.750. The number of amidine groups is 1. The molecule has 0 radical (unpaired) electrons. The van der Waals surface area contributed by atoms with Gasteiger partial charge in [-0.1, -0.05) is 0 Å². The molecule has 0 N–H and O–H groups in total. The molecule has 0 aromatic carbocycles. The van der Waals surface area contributed by atoms with Crippen LogP contribution in [0.25, 0.3) is 0 Å². The van der Waals surface area contributed by atoms with Crippen molar-refractivity contribution in [3.63, 3.8) is 0 Å². The van der Waals surface area contributed by atoms with E-state index in [2.05, 4.69) is 10.1 Å². The van der Waals surface area contributed by atoms with Crippen molar-refractivity contribution in [1.82, 2.24) is 5.01 Å². The smallest absolute Gasteiger partial charge is 0.144 e. The minimum absolute atomic E-state index is 0.856. The summed E-state index contributed by atoms with van der Waals surface area (Å²) in [6.45, 7) is 2.97. The van der Waals surface area contributed by atoms with Gasteiger partial charge < -0.3 is 0 Å². The van der Waals surface area contributed by atoms with E-state index in [1.54, 1.807) is 0 Å². The molecule has 1 aliphatic rings. The second-order valence-electron chi connectivity index (χ2n) is 2.84. The van der Waals surface area contributed by atoms with Crippen LogP contribution in [0.4, 0.5) is 0 Å². The Kier molecular flexibility index (Phi) is 3.08. The summed E-state index contributed by atoms with van der Waals surface area (Å²) in [5.41, 5.74) is 0. The number of nitrogens with zero attached hydrogens (tertiary/aromatic N) is 3. The average molecular weight is 153 g/mol. The van der Waals surface area contributed by atoms with Crippen LogP contribution in [-0.2, 0) is 0 Å². The third kappa shape index (κ3) is 3.16. The number of rotatable bonds is 0. The van der Waals surface area contributed by atoms with Crippen molar-refractivity contribution in [2.24, 2.45) is 10.1 Å². The fourth-order valence-corrected chi connectivity index (χ4v) is 1.10. The summed E-state index contributed by atoms with van der Waals surface area (Å²) < 4.78 is 0. The van der Waals surface area contributed by atoms with Crippen molar-refractivity contribution < 1.29 is 0 Å². The van der Waals surface area contributed by atoms with Gasteiger partial charge in [0.1, 0.15) is 5.84 Å². The molecule has 62 valence electrons. The summed E-state index contributed by atoms with van der Waals surface area (Å²) in [5.74, 6) is 0.856. The van der Waals surface area contributed by atoms with Crippen LogP contribution >= 0.6 is 0 Å². The number of hydrogen-bond donors (Lipinski definition) is 0. The van der Waals surface area contributed by atoms with Gasteiger partial charge in [-0.3, -0.25) is 5.01 Å². The lowest BCUT2D eigenvalue weighted by Crippen LogP contribution is -2.13. The third-order valence-corrected chi connectivity index (χ3v) is 1.66. The zero-order valence-electron chi connectivity index (χ0n) is 7.25. The summed E-state index contributed by atoms with van der Waals surface area (Å²) in [6, 6.07) is 0. The molecule has 11 heavy (non-hydrogen) atoms. The van der Waals surface area contributed by atoms with Crippen LogP contribution in [-0.4, -0.2) is 30.7 Å². The lowest BCUT2D eigenvalue weighted by atomic mass is 10.2. The predicted molar refractivity (Wildman–Crippen MR) is 48.1 cm³/mol. The first-order valence-electron chi connectivity index (χ1n) is 4.08. The number of aliphatic imine (C=N–C) groups is 1. The van der Waals surface area contributed by atoms with E-state index in [0.717, 1.165) is 18.8 Å². The molecule has 0 aliphatic carbocycles. The standard InChI is InChI=1S/C8H15N3/c1-8-9-6-4-3-5-7-11(2)10-8/h6H,3-5,7H2,1-2H3/b9-6?,10-8-. The zero-order chi connectivity index (χ0) is 8.10. The van der Waals surface area contributed by atoms with Gasteiger partial charge in [0.2, 0.25) is 0 Å². The molecule has 1 rings (SSSR count). The molecule has 1 heterocycles. The molecule has 0 aromatic rings. The van der Waals surface area contributed by atoms with Crippen LogP contribution in [0.3, 0.4) is 0 Å². The number of hydrazone groups is 1. The molecule has 3 heteroatoms. The van der Waals surface area contributed by atoms with Gasteiger partial charge in [0.25, 0.3) is 0 Å². The van der Waals surface area contributed by atoms with E-state index < -0.39 is 0 Å². The molecule has 0 aromatic heterocycles. The normalized spacial score (nSPS) is 24.9. The lowest BCUT2D eigenvalue weighted by molar-refractivity contribution is 0.346. The molecule has 3 nitrogen and oxygen atoms in total. The van der Waals surface area contributed by atoms with E-state index in [0.29, 0.717) is 0 Å². The molecule has 0 saturated heterocycles. The van der Waals surface area contributed by atoms with E-state index in [1.165, 1.54) is 12.8 Å². The maximum absolute atomic E-state index is 4.25. The maximum Gasteiger partial charge on any atom is 0.144 e. The van der Waals surface area contributed by atoms with Gasteiger partial charge in [0.15, 0.2) is 0 Å². The molecule has 0 fully saturated rings. The van der Waals surface area contributed by atoms with Gasteiger partial charge in [-0.05, 0) is 26.2 Å². The largest absolute Gasteiger partial charge is 0.298 e. The predicted octanol–water partition coefficient (Wildman–Crippen LogP) is 1.51. The quantitative estimate of drug-likeness (QED) is 0.518. The summed E-state index contributed by atoms with van der Waals surface area (Å²) in [5, 5.41) is 6.20. The first-order chi connectivity index (χ1) is 5.29. The van der Waals surface area contributed by atoms with Crippen LogP contribution in [0.15, 0.2) is 10.1 Å². The third-order valence-electron chi connectivity index (χ3n) is 1.66. The van der Waals surface area contributed by atoms with Gasteiger partial charge in [-0.25, -0.2) is 4.99 Å². The maximum atomic E-state index is 4.25. The van der Waals surface area contributed by atoms with E-state index in [1.807, 2.05) is 25.2 Å². The summed E-state index contributed by atoms with van der Waals surface area (Å²) in [4.78, 5) is 4.18. The molecule has 0 saturated carbocycles. The number of hydrogen-bond acceptors (Lipinski definition) is 3. The molecule has 0 unspecified atom stereocenters. The Bertz CT molecular complexity index is 172. The minimum Gasteiger partial charge on any atom is -0.298 e. The van der Waals surface area contributed by atoms with Crippen molar-refractivity contribution in [2.45, 2.75) is 26.2 Å². The minimum atomic E-state index is 0.856. The van der Waals surface area contributed by atoms with Crippen LogP contribution in [0, 0.1) is 0 Å². The van der Waals surface area contributed by atoms with Crippen LogP contribution in [0.1, 0.15) is 26.2 Å². The summed E-state index contributed by atoms with van der Waals surface area (Å²) in [6.07, 6.45) is 5.47. The van der Waals surface area contributed by atoms with Gasteiger partial charge in [-0.15, -0.1) is 0 Å². The highest BCUT2D eigenvalue weighted by atomic mass is 15.4. The molecular formula is C8H15N3. The lowest BCUT2D eigenvalue weighted by Gasteiger charge is -2.11. The highest BCUT2D eigenvalue weighted by Crippen LogP contribution is 1.99. The van der Waals surface area contributed by atoms with Gasteiger partial charge in [0.05, 0.1) is 0 Å². The molecule has 0 atom stereocenters. The molecule has 0 bridgehead atoms. The first kappa shape index (κ1) is 8.24. The Morgan fingerprint density at radius 2 is 2.27 bits per heavy atom. The SMILES string of the molecule is C/C1=N/N(C)CCCCC=N1. The molecule has 1 aliphatic heterocycles. The second-order valence-corrected chi connectivity index (χ2v) is 2.84. The Labute approximate surface area is 67.8 Å². The Hall–Kier alpha value is -0.860. The molecular weight excluding hydrogens is 138 g/mol. The Balaban J connectivity index is 2.56. The van der Waals surface area contributed by atoms with Crippen molar-refractivity contribution in [3.8, 4) is 0 Å². The Morgan fingerprint density at radius 3 is 3.09 bits per heavy atom. The van der Waals surface area contributed by atoms with Gasteiger partial charge in [-0.2, -0.15) is 5.10 Å². The zero-order valence-corrected chi connectivity index (χ0v) is 7.25. The van der Waals surface area contributed by atoms with Crippen LogP contribution in [0.5, 0.6) is 0 Å². The van der Waals surface area contributed by atoms with Crippen molar-refractivity contribution in [2.75, 3.05) is 13.6 Å². The monoisotopic (exact) mass is 153 g/mol. The summed E-state index contributed by atoms with van der Waals surface area (Å²) in [7, 11) is 1.99. The van der Waals surface area contributed by atoms with Crippen LogP contribution < -0.4 is 0 Å². The van der Waals surface area contributed by atoms with Crippen molar-refractivity contribution >= 4 is 12.1 Å². The highest BCUT2D eigenvalue weighted by molar-refractivity contribution is 5.87. The first-order valence-corrected chi connectivity index (χ1v) is 4.08. The van der Waals surface area contributed by atoms with Gasteiger partial charge >= 0.3 is 0 Å². The Morgan fingerprint density at radius 1 is 1.45 bits per heavy atom. The van der Waals surface area contributed by atoms with Crippen molar-refractivity contribution in [1.29, 1.82) is 0 Å². The van der Waals surface area contributed by atoms with E-state index in [-0.39, 0.29) is 0 Å². The summed E-state index contributed by atoms with van der Waals surface area (Å²) >= 11 is 0. The van der Waals surface area contributed by atoms with E-state index in [9.17, 15) is 0 Å². The fourth-order valence-electron chi connectivity index (χ4n) is 1.10. The van der Waals surface area contributed by atoms with Crippen LogP contribution in [0.2, 0.25) is 0 Å². The topological polar surface area (TPSA) is 28.0 Å².